The summed E-state index contributed by atoms with van der Waals surface area (Å²) in [4.78, 5) is 27.8. The summed E-state index contributed by atoms with van der Waals surface area (Å²) in [6, 6.07) is 18.3. The van der Waals surface area contributed by atoms with E-state index in [9.17, 15) is 4.79 Å². The molecule has 3 heterocycles. The number of carbonyl (C=O) groups is 1. The van der Waals surface area contributed by atoms with Crippen LogP contribution >= 0.6 is 23.1 Å². The number of benzene rings is 2. The molecule has 0 unspecified atom stereocenters. The van der Waals surface area contributed by atoms with E-state index in [2.05, 4.69) is 39.6 Å². The fourth-order valence-electron chi connectivity index (χ4n) is 4.58. The zero-order chi connectivity index (χ0) is 23.1. The van der Waals surface area contributed by atoms with Gasteiger partial charge in [0, 0.05) is 16.6 Å². The lowest BCUT2D eigenvalue weighted by Gasteiger charge is -2.09. The third-order valence-electron chi connectivity index (χ3n) is 6.16. The van der Waals surface area contributed by atoms with Gasteiger partial charge in [0.25, 0.3) is 0 Å². The smallest absolute Gasteiger partial charge is 0.234 e. The summed E-state index contributed by atoms with van der Waals surface area (Å²) < 4.78 is 1.01. The number of thiophene rings is 1. The Labute approximate surface area is 205 Å². The van der Waals surface area contributed by atoms with Crippen molar-refractivity contribution in [2.75, 3.05) is 11.1 Å². The minimum Gasteiger partial charge on any atom is -0.325 e. The van der Waals surface area contributed by atoms with Gasteiger partial charge in [-0.25, -0.2) is 15.0 Å². The van der Waals surface area contributed by atoms with E-state index < -0.39 is 0 Å². The van der Waals surface area contributed by atoms with Gasteiger partial charge in [-0.2, -0.15) is 0 Å². The second-order valence-electron chi connectivity index (χ2n) is 8.48. The highest BCUT2D eigenvalue weighted by Crippen LogP contribution is 2.43. The zero-order valence-corrected chi connectivity index (χ0v) is 20.3. The van der Waals surface area contributed by atoms with Gasteiger partial charge in [-0.1, -0.05) is 59.8 Å². The van der Waals surface area contributed by atoms with Gasteiger partial charge >= 0.3 is 0 Å². The Morgan fingerprint density at radius 1 is 1.03 bits per heavy atom. The van der Waals surface area contributed by atoms with Crippen LogP contribution in [0.2, 0.25) is 0 Å². The van der Waals surface area contributed by atoms with Crippen LogP contribution in [0.15, 0.2) is 66.0 Å². The Bertz CT molecular complexity index is 1530. The summed E-state index contributed by atoms with van der Waals surface area (Å²) in [5.74, 6) is 0.238. The average molecular weight is 483 g/mol. The van der Waals surface area contributed by atoms with Crippen LogP contribution in [0.25, 0.3) is 31.7 Å². The van der Waals surface area contributed by atoms with E-state index in [1.807, 2.05) is 37.3 Å². The van der Waals surface area contributed by atoms with Gasteiger partial charge in [-0.05, 0) is 49.4 Å². The van der Waals surface area contributed by atoms with E-state index in [0.717, 1.165) is 61.8 Å². The molecule has 0 aliphatic heterocycles. The fraction of sp³-hybridized carbons (Fsp3) is 0.185. The lowest BCUT2D eigenvalue weighted by Crippen LogP contribution is -2.14. The molecular formula is C27H22N4OS2. The molecule has 168 valence electrons. The molecule has 5 nitrogen and oxygen atoms in total. The van der Waals surface area contributed by atoms with E-state index in [4.69, 9.17) is 4.98 Å². The molecule has 1 amide bonds. The normalized spacial score (nSPS) is 12.9. The zero-order valence-electron chi connectivity index (χ0n) is 18.7. The number of aromatic nitrogens is 3. The van der Waals surface area contributed by atoms with Gasteiger partial charge < -0.3 is 5.32 Å². The molecule has 0 bridgehead atoms. The first-order valence-corrected chi connectivity index (χ1v) is 13.1. The molecule has 1 aliphatic carbocycles. The predicted octanol–water partition coefficient (Wildman–Crippen LogP) is 6.43. The van der Waals surface area contributed by atoms with Crippen LogP contribution in [0.5, 0.6) is 0 Å². The van der Waals surface area contributed by atoms with Crippen molar-refractivity contribution >= 4 is 55.1 Å². The van der Waals surface area contributed by atoms with Gasteiger partial charge in [0.05, 0.1) is 21.7 Å². The number of aryl methyl sites for hydroxylation is 2. The van der Waals surface area contributed by atoms with E-state index >= 15 is 0 Å². The molecule has 5 aromatic rings. The first-order chi connectivity index (χ1) is 16.7. The molecule has 0 spiro atoms. The highest BCUT2D eigenvalue weighted by molar-refractivity contribution is 8.00. The van der Waals surface area contributed by atoms with Gasteiger partial charge in [0.2, 0.25) is 5.91 Å². The van der Waals surface area contributed by atoms with Crippen LogP contribution in [-0.4, -0.2) is 26.6 Å². The van der Waals surface area contributed by atoms with Gasteiger partial charge in [-0.3, -0.25) is 4.79 Å². The highest BCUT2D eigenvalue weighted by Gasteiger charge is 2.25. The van der Waals surface area contributed by atoms with Crippen molar-refractivity contribution in [1.82, 2.24) is 15.0 Å². The van der Waals surface area contributed by atoms with Crippen LogP contribution in [-0.2, 0) is 17.6 Å². The third-order valence-corrected chi connectivity index (χ3v) is 8.36. The maximum Gasteiger partial charge on any atom is 0.234 e. The molecule has 0 saturated carbocycles. The summed E-state index contributed by atoms with van der Waals surface area (Å²) >= 11 is 3.08. The monoisotopic (exact) mass is 482 g/mol. The topological polar surface area (TPSA) is 67.8 Å². The van der Waals surface area contributed by atoms with Crippen molar-refractivity contribution < 1.29 is 4.79 Å². The molecular weight excluding hydrogens is 460 g/mol. The molecule has 6 rings (SSSR count). The second-order valence-corrected chi connectivity index (χ2v) is 10.4. The number of nitrogens with one attached hydrogen (secondary N) is 1. The molecule has 0 radical (unpaired) electrons. The number of thioether (sulfide) groups is 1. The largest absolute Gasteiger partial charge is 0.325 e. The molecule has 3 aromatic heterocycles. The van der Waals surface area contributed by atoms with Crippen molar-refractivity contribution in [2.24, 2.45) is 0 Å². The Hall–Kier alpha value is -3.29. The molecule has 0 atom stereocenters. The maximum absolute atomic E-state index is 12.5. The molecule has 1 aliphatic rings. The molecule has 2 aromatic carbocycles. The minimum atomic E-state index is -0.0490. The number of anilines is 1. The lowest BCUT2D eigenvalue weighted by molar-refractivity contribution is -0.113. The van der Waals surface area contributed by atoms with Crippen LogP contribution < -0.4 is 5.32 Å². The first-order valence-electron chi connectivity index (χ1n) is 11.3. The van der Waals surface area contributed by atoms with Crippen molar-refractivity contribution in [3.05, 3.63) is 77.6 Å². The van der Waals surface area contributed by atoms with E-state index in [1.165, 1.54) is 28.3 Å². The summed E-state index contributed by atoms with van der Waals surface area (Å²) in [7, 11) is 0. The van der Waals surface area contributed by atoms with Crippen molar-refractivity contribution in [3.63, 3.8) is 0 Å². The number of hydrogen-bond acceptors (Lipinski definition) is 6. The minimum absolute atomic E-state index is 0.0490. The fourth-order valence-corrected chi connectivity index (χ4v) is 6.62. The molecule has 0 fully saturated rings. The van der Waals surface area contributed by atoms with Crippen LogP contribution in [0.1, 0.15) is 23.1 Å². The standard InChI is InChI=1S/C27H22N4OS2/c1-16-10-12-18(13-11-16)30-21(32)14-33-27-25-24(28-15-29-27)22-19-8-5-9-20(19)23(31-26(22)34-25)17-6-3-2-4-7-17/h2-4,6-7,10-13,15H,5,8-9,14H2,1H3,(H,30,32). The summed E-state index contributed by atoms with van der Waals surface area (Å²) in [6.07, 6.45) is 4.84. The molecule has 0 saturated heterocycles. The Kier molecular flexibility index (Phi) is 5.51. The number of pyridine rings is 1. The number of nitrogens with zero attached hydrogens (tertiary/aromatic N) is 3. The first kappa shape index (κ1) is 21.3. The molecule has 1 N–H and O–H groups in total. The second kappa shape index (κ2) is 8.81. The van der Waals surface area contributed by atoms with Crippen molar-refractivity contribution in [1.29, 1.82) is 0 Å². The van der Waals surface area contributed by atoms with Crippen LogP contribution in [0.3, 0.4) is 0 Å². The van der Waals surface area contributed by atoms with Crippen LogP contribution in [0.4, 0.5) is 5.69 Å². The summed E-state index contributed by atoms with van der Waals surface area (Å²) in [5.41, 5.74) is 7.91. The number of rotatable bonds is 5. The third kappa shape index (κ3) is 3.85. The van der Waals surface area contributed by atoms with Crippen molar-refractivity contribution in [3.8, 4) is 11.3 Å². The quantitative estimate of drug-likeness (QED) is 0.231. The highest BCUT2D eigenvalue weighted by atomic mass is 32.2. The average Bonchev–Trinajstić information content (AvgIpc) is 3.49. The van der Waals surface area contributed by atoms with E-state index in [-0.39, 0.29) is 11.7 Å². The van der Waals surface area contributed by atoms with Gasteiger partial charge in [0.1, 0.15) is 16.2 Å². The SMILES string of the molecule is Cc1ccc(NC(=O)CSc2ncnc3c2sc2nc(-c4ccccc4)c4c(c23)CCC4)cc1. The van der Waals surface area contributed by atoms with E-state index in [1.54, 1.807) is 17.7 Å². The predicted molar refractivity (Wildman–Crippen MR) is 141 cm³/mol. The van der Waals surface area contributed by atoms with E-state index in [0.29, 0.717) is 0 Å². The molecule has 7 heteroatoms. The van der Waals surface area contributed by atoms with Gasteiger partial charge in [-0.15, -0.1) is 11.3 Å². The molecule has 34 heavy (non-hydrogen) atoms. The number of amides is 1. The summed E-state index contributed by atoms with van der Waals surface area (Å²) in [5, 5.41) is 4.96. The Morgan fingerprint density at radius 3 is 2.65 bits per heavy atom. The number of hydrogen-bond donors (Lipinski definition) is 1. The van der Waals surface area contributed by atoms with Gasteiger partial charge in [0.15, 0.2) is 0 Å². The lowest BCUT2D eigenvalue weighted by atomic mass is 10.0. The Morgan fingerprint density at radius 2 is 1.82 bits per heavy atom. The number of carbonyl (C=O) groups excluding carboxylic acids is 1. The number of fused-ring (bicyclic) bond motifs is 5. The van der Waals surface area contributed by atoms with Crippen molar-refractivity contribution in [2.45, 2.75) is 31.2 Å². The maximum atomic E-state index is 12.5. The Balaban J connectivity index is 1.35. The van der Waals surface area contributed by atoms with Crippen LogP contribution in [0, 0.1) is 6.92 Å². The summed E-state index contributed by atoms with van der Waals surface area (Å²) in [6.45, 7) is 2.03.